The van der Waals surface area contributed by atoms with E-state index >= 15 is 0 Å². The van der Waals surface area contributed by atoms with Crippen molar-refractivity contribution in [1.29, 1.82) is 0 Å². The highest BCUT2D eigenvalue weighted by Gasteiger charge is 2.28. The van der Waals surface area contributed by atoms with Gasteiger partial charge in [0.2, 0.25) is 0 Å². The molecule has 1 unspecified atom stereocenters. The van der Waals surface area contributed by atoms with Crippen molar-refractivity contribution >= 4 is 12.0 Å². The second-order valence-electron chi connectivity index (χ2n) is 3.76. The Morgan fingerprint density at radius 1 is 1.62 bits per heavy atom. The van der Waals surface area contributed by atoms with Gasteiger partial charge in [-0.15, -0.1) is 0 Å². The summed E-state index contributed by atoms with van der Waals surface area (Å²) < 4.78 is 5.01. The molecule has 0 aromatic carbocycles. The number of nitrogens with zero attached hydrogens (tertiary/aromatic N) is 1. The molecule has 0 aromatic heterocycles. The zero-order valence-corrected chi connectivity index (χ0v) is 9.23. The Kier molecular flexibility index (Phi) is 4.30. The van der Waals surface area contributed by atoms with E-state index in [1.165, 1.54) is 4.90 Å². The lowest BCUT2D eigenvalue weighted by molar-refractivity contribution is -0.154. The Morgan fingerprint density at radius 3 is 2.88 bits per heavy atom. The number of hydrogen-bond donors (Lipinski definition) is 2. The maximum Gasteiger partial charge on any atom is 0.334 e. The fourth-order valence-electron chi connectivity index (χ4n) is 1.32. The average molecular weight is 228 g/mol. The van der Waals surface area contributed by atoms with Crippen molar-refractivity contribution in [2.45, 2.75) is 13.0 Å². The smallest absolute Gasteiger partial charge is 0.334 e. The van der Waals surface area contributed by atoms with E-state index in [4.69, 9.17) is 9.84 Å². The van der Waals surface area contributed by atoms with Crippen LogP contribution in [0.5, 0.6) is 0 Å². The molecule has 2 amide bonds. The van der Waals surface area contributed by atoms with Gasteiger partial charge in [0.1, 0.15) is 0 Å². The molecule has 2 N–H and O–H groups in total. The zero-order chi connectivity index (χ0) is 12.1. The number of morpholine rings is 1. The van der Waals surface area contributed by atoms with Gasteiger partial charge in [-0.1, -0.05) is 12.2 Å². The molecule has 6 heteroatoms. The van der Waals surface area contributed by atoms with Crippen LogP contribution in [0.2, 0.25) is 0 Å². The third-order valence-corrected chi connectivity index (χ3v) is 2.17. The second-order valence-corrected chi connectivity index (χ2v) is 3.76. The van der Waals surface area contributed by atoms with Crippen molar-refractivity contribution < 1.29 is 19.4 Å². The van der Waals surface area contributed by atoms with Crippen molar-refractivity contribution in [2.75, 3.05) is 26.2 Å². The Bertz CT molecular complexity index is 303. The predicted molar refractivity (Wildman–Crippen MR) is 57.2 cm³/mol. The highest BCUT2D eigenvalue weighted by Crippen LogP contribution is 2.05. The van der Waals surface area contributed by atoms with Gasteiger partial charge in [0.25, 0.3) is 0 Å². The molecule has 1 saturated heterocycles. The number of carboxylic acid groups (broad SMARTS) is 1. The molecule has 6 nitrogen and oxygen atoms in total. The molecule has 0 saturated carbocycles. The van der Waals surface area contributed by atoms with Gasteiger partial charge in [-0.2, -0.15) is 0 Å². The van der Waals surface area contributed by atoms with Crippen LogP contribution in [-0.2, 0) is 9.53 Å². The molecule has 0 aromatic rings. The molecule has 1 aliphatic heterocycles. The van der Waals surface area contributed by atoms with Crippen molar-refractivity contribution in [3.05, 3.63) is 12.2 Å². The van der Waals surface area contributed by atoms with E-state index in [-0.39, 0.29) is 19.2 Å². The van der Waals surface area contributed by atoms with Crippen LogP contribution in [0.4, 0.5) is 4.79 Å². The lowest BCUT2D eigenvalue weighted by Gasteiger charge is -2.30. The molecule has 0 spiro atoms. The first kappa shape index (κ1) is 12.5. The lowest BCUT2D eigenvalue weighted by Crippen LogP contribution is -2.51. The summed E-state index contributed by atoms with van der Waals surface area (Å²) in [5.41, 5.74) is 0.844. The van der Waals surface area contributed by atoms with Gasteiger partial charge < -0.3 is 20.1 Å². The van der Waals surface area contributed by atoms with E-state index in [0.29, 0.717) is 13.1 Å². The molecule has 1 fully saturated rings. The predicted octanol–water partition coefficient (Wildman–Crippen LogP) is 0.0575. The Hall–Kier alpha value is -1.56. The molecule has 90 valence electrons. The van der Waals surface area contributed by atoms with Gasteiger partial charge in [-0.3, -0.25) is 0 Å². The molecular weight excluding hydrogens is 212 g/mol. The van der Waals surface area contributed by atoms with Crippen molar-refractivity contribution in [2.24, 2.45) is 0 Å². The second kappa shape index (κ2) is 5.50. The van der Waals surface area contributed by atoms with Crippen LogP contribution in [0, 0.1) is 0 Å². The van der Waals surface area contributed by atoms with Crippen LogP contribution >= 0.6 is 0 Å². The monoisotopic (exact) mass is 228 g/mol. The Labute approximate surface area is 93.9 Å². The SMILES string of the molecule is C=C(C)CNC(=O)N1CCOC(C(=O)O)C1. The van der Waals surface area contributed by atoms with Gasteiger partial charge in [0, 0.05) is 13.1 Å². The van der Waals surface area contributed by atoms with Crippen LogP contribution in [0.25, 0.3) is 0 Å². The number of urea groups is 1. The minimum atomic E-state index is -1.04. The topological polar surface area (TPSA) is 78.9 Å². The van der Waals surface area contributed by atoms with E-state index in [0.717, 1.165) is 5.57 Å². The lowest BCUT2D eigenvalue weighted by atomic mass is 10.3. The molecule has 1 atom stereocenters. The molecule has 0 bridgehead atoms. The number of carbonyl (C=O) groups excluding carboxylic acids is 1. The van der Waals surface area contributed by atoms with Crippen LogP contribution in [0.15, 0.2) is 12.2 Å². The van der Waals surface area contributed by atoms with E-state index in [9.17, 15) is 9.59 Å². The summed E-state index contributed by atoms with van der Waals surface area (Å²) in [7, 11) is 0. The number of carboxylic acids is 1. The summed E-state index contributed by atoms with van der Waals surface area (Å²) in [6.07, 6.45) is -0.927. The first-order valence-electron chi connectivity index (χ1n) is 5.02. The van der Waals surface area contributed by atoms with Crippen molar-refractivity contribution in [3.8, 4) is 0 Å². The first-order chi connectivity index (χ1) is 7.50. The third-order valence-electron chi connectivity index (χ3n) is 2.17. The van der Waals surface area contributed by atoms with E-state index in [2.05, 4.69) is 11.9 Å². The van der Waals surface area contributed by atoms with Crippen LogP contribution in [0.3, 0.4) is 0 Å². The van der Waals surface area contributed by atoms with Crippen molar-refractivity contribution in [3.63, 3.8) is 0 Å². The normalized spacial score (nSPS) is 20.3. The molecular formula is C10H16N2O4. The average Bonchev–Trinajstić information content (AvgIpc) is 2.26. The summed E-state index contributed by atoms with van der Waals surface area (Å²) in [5.74, 6) is -1.04. The first-order valence-corrected chi connectivity index (χ1v) is 5.02. The number of hydrogen-bond acceptors (Lipinski definition) is 3. The number of carbonyl (C=O) groups is 2. The van der Waals surface area contributed by atoms with Crippen LogP contribution in [0.1, 0.15) is 6.92 Å². The van der Waals surface area contributed by atoms with Gasteiger partial charge >= 0.3 is 12.0 Å². The number of nitrogens with one attached hydrogen (secondary N) is 1. The third kappa shape index (κ3) is 3.54. The summed E-state index contributed by atoms with van der Waals surface area (Å²) in [6, 6.07) is -0.280. The Balaban J connectivity index is 2.43. The van der Waals surface area contributed by atoms with Gasteiger partial charge in [-0.05, 0) is 6.92 Å². The summed E-state index contributed by atoms with van der Waals surface area (Å²) in [6.45, 7) is 6.60. The number of aliphatic carboxylic acids is 1. The van der Waals surface area contributed by atoms with Gasteiger partial charge in [0.05, 0.1) is 13.2 Å². The fraction of sp³-hybridized carbons (Fsp3) is 0.600. The molecule has 1 rings (SSSR count). The summed E-state index contributed by atoms with van der Waals surface area (Å²) in [5, 5.41) is 11.4. The van der Waals surface area contributed by atoms with E-state index in [1.807, 2.05) is 0 Å². The number of rotatable bonds is 3. The zero-order valence-electron chi connectivity index (χ0n) is 9.23. The van der Waals surface area contributed by atoms with Crippen LogP contribution < -0.4 is 5.32 Å². The van der Waals surface area contributed by atoms with Crippen molar-refractivity contribution in [1.82, 2.24) is 10.2 Å². The largest absolute Gasteiger partial charge is 0.479 e. The standard InChI is InChI=1S/C10H16N2O4/c1-7(2)5-11-10(15)12-3-4-16-8(6-12)9(13)14/h8H,1,3-6H2,2H3,(H,11,15)(H,13,14). The van der Waals surface area contributed by atoms with E-state index < -0.39 is 12.1 Å². The fourth-order valence-corrected chi connectivity index (χ4v) is 1.32. The highest BCUT2D eigenvalue weighted by molar-refractivity contribution is 5.77. The minimum absolute atomic E-state index is 0.0807. The summed E-state index contributed by atoms with van der Waals surface area (Å²) >= 11 is 0. The maximum absolute atomic E-state index is 11.6. The summed E-state index contributed by atoms with van der Waals surface area (Å²) in [4.78, 5) is 23.7. The van der Waals surface area contributed by atoms with Gasteiger partial charge in [0.15, 0.2) is 6.10 Å². The molecule has 1 heterocycles. The molecule has 1 aliphatic rings. The quantitative estimate of drug-likeness (QED) is 0.669. The number of amides is 2. The maximum atomic E-state index is 11.6. The molecule has 0 aliphatic carbocycles. The minimum Gasteiger partial charge on any atom is -0.479 e. The highest BCUT2D eigenvalue weighted by atomic mass is 16.5. The molecule has 16 heavy (non-hydrogen) atoms. The van der Waals surface area contributed by atoms with Gasteiger partial charge in [-0.25, -0.2) is 9.59 Å². The molecule has 0 radical (unpaired) electrons. The van der Waals surface area contributed by atoms with Crippen LogP contribution in [-0.4, -0.2) is 54.4 Å². The van der Waals surface area contributed by atoms with E-state index in [1.54, 1.807) is 6.92 Å². The Morgan fingerprint density at radius 2 is 2.31 bits per heavy atom. The number of ether oxygens (including phenoxy) is 1.